The minimum absolute atomic E-state index is 0.0563. The number of carbonyl (C=O) groups excluding carboxylic acids is 1. The molecule has 0 N–H and O–H groups in total. The highest BCUT2D eigenvalue weighted by molar-refractivity contribution is 9.10. The van der Waals surface area contributed by atoms with Gasteiger partial charge in [0.15, 0.2) is 28.8 Å². The molecule has 1 saturated carbocycles. The zero-order chi connectivity index (χ0) is 24.0. The second-order valence-corrected chi connectivity index (χ2v) is 9.15. The monoisotopic (exact) mass is 578 g/mol. The molecule has 1 fully saturated rings. The maximum absolute atomic E-state index is 13.3. The molecule has 0 atom stereocenters. The molecule has 0 bridgehead atoms. The molecule has 1 aliphatic carbocycles. The fourth-order valence-corrected chi connectivity index (χ4v) is 4.61. The van der Waals surface area contributed by atoms with Gasteiger partial charge in [-0.25, -0.2) is 0 Å². The molecule has 5 nitrogen and oxygen atoms in total. The second kappa shape index (κ2) is 11.7. The van der Waals surface area contributed by atoms with Crippen molar-refractivity contribution in [3.05, 3.63) is 55.5 Å². The lowest BCUT2D eigenvalue weighted by Gasteiger charge is -2.18. The van der Waals surface area contributed by atoms with E-state index in [1.165, 1.54) is 0 Å². The van der Waals surface area contributed by atoms with Crippen LogP contribution in [-0.4, -0.2) is 33.2 Å². The van der Waals surface area contributed by atoms with Gasteiger partial charge in [0.2, 0.25) is 0 Å². The van der Waals surface area contributed by atoms with Crippen molar-refractivity contribution in [2.75, 3.05) is 27.4 Å². The Bertz CT molecular complexity index is 1010. The van der Waals surface area contributed by atoms with E-state index in [0.29, 0.717) is 36.2 Å². The van der Waals surface area contributed by atoms with Crippen LogP contribution in [0.25, 0.3) is 12.2 Å². The number of Topliss-reactive ketones (excluding diaryl/α,β-unsaturated/α-hetero) is 1. The van der Waals surface area contributed by atoms with E-state index in [1.54, 1.807) is 14.2 Å². The molecule has 0 spiro atoms. The summed E-state index contributed by atoms with van der Waals surface area (Å²) in [6.07, 6.45) is 6.23. The summed E-state index contributed by atoms with van der Waals surface area (Å²) < 4.78 is 23.9. The zero-order valence-corrected chi connectivity index (χ0v) is 22.5. The third-order valence-corrected chi connectivity index (χ3v) is 6.67. The first-order valence-electron chi connectivity index (χ1n) is 10.9. The van der Waals surface area contributed by atoms with E-state index in [0.717, 1.165) is 50.5 Å². The Labute approximate surface area is 212 Å². The van der Waals surface area contributed by atoms with Crippen LogP contribution in [0.4, 0.5) is 0 Å². The average Bonchev–Trinajstić information content (AvgIpc) is 2.80. The standard InChI is InChI=1S/C26H28Br2O5/c1-5-32-24-14-20(27)18(12-22(24)30-3)10-16-8-7-9-17(26(16)29)11-19-13-23(31-4)25(33-6-2)15-21(19)28/h10-15H,5-9H2,1-4H3. The molecule has 0 saturated heterocycles. The van der Waals surface area contributed by atoms with E-state index < -0.39 is 0 Å². The number of hydrogen-bond acceptors (Lipinski definition) is 5. The third-order valence-electron chi connectivity index (χ3n) is 5.30. The first-order valence-corrected chi connectivity index (χ1v) is 12.5. The molecule has 3 rings (SSSR count). The van der Waals surface area contributed by atoms with Crippen LogP contribution in [0.15, 0.2) is 44.4 Å². The molecule has 176 valence electrons. The van der Waals surface area contributed by atoms with E-state index in [-0.39, 0.29) is 5.78 Å². The molecule has 7 heteroatoms. The van der Waals surface area contributed by atoms with E-state index in [4.69, 9.17) is 18.9 Å². The molecule has 0 heterocycles. The van der Waals surface area contributed by atoms with Gasteiger partial charge in [0.05, 0.1) is 27.4 Å². The van der Waals surface area contributed by atoms with E-state index in [2.05, 4.69) is 31.9 Å². The van der Waals surface area contributed by atoms with Gasteiger partial charge < -0.3 is 18.9 Å². The van der Waals surface area contributed by atoms with Gasteiger partial charge in [0.25, 0.3) is 0 Å². The fraction of sp³-hybridized carbons (Fsp3) is 0.346. The summed E-state index contributed by atoms with van der Waals surface area (Å²) in [6.45, 7) is 4.94. The smallest absolute Gasteiger partial charge is 0.185 e. The Balaban J connectivity index is 1.95. The molecule has 33 heavy (non-hydrogen) atoms. The second-order valence-electron chi connectivity index (χ2n) is 7.44. The van der Waals surface area contributed by atoms with Gasteiger partial charge in [-0.05, 0) is 80.7 Å². The SMILES string of the molecule is CCOc1cc(Br)c(C=C2CCCC(=Cc3cc(OC)c(OCC)cc3Br)C2=O)cc1OC. The summed E-state index contributed by atoms with van der Waals surface area (Å²) in [5, 5.41) is 0. The highest BCUT2D eigenvalue weighted by atomic mass is 79.9. The van der Waals surface area contributed by atoms with Crippen molar-refractivity contribution >= 4 is 49.8 Å². The van der Waals surface area contributed by atoms with Gasteiger partial charge in [-0.2, -0.15) is 0 Å². The van der Waals surface area contributed by atoms with Crippen molar-refractivity contribution in [3.63, 3.8) is 0 Å². The molecule has 0 radical (unpaired) electrons. The first-order chi connectivity index (χ1) is 15.9. The van der Waals surface area contributed by atoms with Crippen molar-refractivity contribution in [1.29, 1.82) is 0 Å². The number of ether oxygens (including phenoxy) is 4. The van der Waals surface area contributed by atoms with Crippen molar-refractivity contribution in [1.82, 2.24) is 0 Å². The molecule has 0 amide bonds. The quantitative estimate of drug-likeness (QED) is 0.308. The van der Waals surface area contributed by atoms with Gasteiger partial charge in [-0.3, -0.25) is 4.79 Å². The van der Waals surface area contributed by atoms with Crippen molar-refractivity contribution in [3.8, 4) is 23.0 Å². The lowest BCUT2D eigenvalue weighted by atomic mass is 9.87. The van der Waals surface area contributed by atoms with E-state index in [9.17, 15) is 4.79 Å². The van der Waals surface area contributed by atoms with E-state index in [1.807, 2.05) is 50.3 Å². The van der Waals surface area contributed by atoms with Crippen LogP contribution in [-0.2, 0) is 4.79 Å². The Kier molecular flexibility index (Phi) is 9.03. The molecular formula is C26H28Br2O5. The number of ketones is 1. The molecular weight excluding hydrogens is 552 g/mol. The zero-order valence-electron chi connectivity index (χ0n) is 19.3. The Morgan fingerprint density at radius 3 is 1.55 bits per heavy atom. The average molecular weight is 580 g/mol. The maximum Gasteiger partial charge on any atom is 0.185 e. The number of allylic oxidation sites excluding steroid dienone is 2. The number of hydrogen-bond donors (Lipinski definition) is 0. The molecule has 2 aromatic rings. The summed E-state index contributed by atoms with van der Waals surface area (Å²) in [6, 6.07) is 7.53. The van der Waals surface area contributed by atoms with Crippen LogP contribution < -0.4 is 18.9 Å². The Morgan fingerprint density at radius 1 is 0.758 bits per heavy atom. The van der Waals surface area contributed by atoms with Crippen molar-refractivity contribution in [2.24, 2.45) is 0 Å². The summed E-state index contributed by atoms with van der Waals surface area (Å²) >= 11 is 7.21. The van der Waals surface area contributed by atoms with Crippen LogP contribution in [0.2, 0.25) is 0 Å². The van der Waals surface area contributed by atoms with Gasteiger partial charge in [-0.15, -0.1) is 0 Å². The normalized spacial score (nSPS) is 16.2. The van der Waals surface area contributed by atoms with Crippen LogP contribution in [0, 0.1) is 0 Å². The summed E-state index contributed by atoms with van der Waals surface area (Å²) in [7, 11) is 3.22. The Hall–Kier alpha value is -2.25. The number of carbonyl (C=O) groups is 1. The van der Waals surface area contributed by atoms with Gasteiger partial charge in [0, 0.05) is 20.1 Å². The largest absolute Gasteiger partial charge is 0.493 e. The maximum atomic E-state index is 13.3. The van der Waals surface area contributed by atoms with Gasteiger partial charge >= 0.3 is 0 Å². The topological polar surface area (TPSA) is 54.0 Å². The Morgan fingerprint density at radius 2 is 1.18 bits per heavy atom. The van der Waals surface area contributed by atoms with Crippen LogP contribution in [0.3, 0.4) is 0 Å². The van der Waals surface area contributed by atoms with Crippen LogP contribution in [0.1, 0.15) is 44.2 Å². The predicted octanol–water partition coefficient (Wildman–Crippen LogP) is 7.25. The number of methoxy groups -OCH3 is 2. The molecule has 0 aliphatic heterocycles. The summed E-state index contributed by atoms with van der Waals surface area (Å²) in [4.78, 5) is 13.3. The van der Waals surface area contributed by atoms with Gasteiger partial charge in [-0.1, -0.05) is 31.9 Å². The van der Waals surface area contributed by atoms with Crippen LogP contribution >= 0.6 is 31.9 Å². The minimum atomic E-state index is 0.0563. The number of rotatable bonds is 8. The summed E-state index contributed by atoms with van der Waals surface area (Å²) in [5.41, 5.74) is 3.30. The summed E-state index contributed by atoms with van der Waals surface area (Å²) in [5.74, 6) is 2.66. The van der Waals surface area contributed by atoms with Crippen molar-refractivity contribution < 1.29 is 23.7 Å². The highest BCUT2D eigenvalue weighted by Gasteiger charge is 2.22. The fourth-order valence-electron chi connectivity index (χ4n) is 3.73. The minimum Gasteiger partial charge on any atom is -0.493 e. The molecule has 0 aromatic heterocycles. The number of halogens is 2. The predicted molar refractivity (Wildman–Crippen MR) is 139 cm³/mol. The lowest BCUT2D eigenvalue weighted by molar-refractivity contribution is -0.112. The molecule has 1 aliphatic rings. The number of benzene rings is 2. The van der Waals surface area contributed by atoms with Crippen LogP contribution in [0.5, 0.6) is 23.0 Å². The van der Waals surface area contributed by atoms with Gasteiger partial charge in [0.1, 0.15) is 0 Å². The molecule has 2 aromatic carbocycles. The lowest BCUT2D eigenvalue weighted by Crippen LogP contribution is -2.12. The third kappa shape index (κ3) is 6.01. The van der Waals surface area contributed by atoms with Crippen molar-refractivity contribution in [2.45, 2.75) is 33.1 Å². The van der Waals surface area contributed by atoms with E-state index >= 15 is 0 Å². The highest BCUT2D eigenvalue weighted by Crippen LogP contribution is 2.38. The molecule has 0 unspecified atom stereocenters. The first kappa shape index (κ1) is 25.4.